The van der Waals surface area contributed by atoms with E-state index in [0.29, 0.717) is 5.56 Å². The molecular weight excluding hydrogens is 231 g/mol. The van der Waals surface area contributed by atoms with Crippen LogP contribution in [0.25, 0.3) is 0 Å². The standard InChI is InChI=1S/C14H23FN2O/c1-10(6-9-17-14(2,3)4)11-7-8-16-13(18-5)12(11)15/h7-8,10,17H,6,9H2,1-5H3. The Morgan fingerprint density at radius 2 is 2.11 bits per heavy atom. The summed E-state index contributed by atoms with van der Waals surface area (Å²) >= 11 is 0. The van der Waals surface area contributed by atoms with E-state index in [4.69, 9.17) is 4.74 Å². The van der Waals surface area contributed by atoms with Crippen LogP contribution in [0.3, 0.4) is 0 Å². The van der Waals surface area contributed by atoms with E-state index in [1.165, 1.54) is 7.11 Å². The van der Waals surface area contributed by atoms with Gasteiger partial charge in [0.15, 0.2) is 5.82 Å². The Kier molecular flexibility index (Phi) is 5.08. The van der Waals surface area contributed by atoms with Gasteiger partial charge in [-0.1, -0.05) is 6.92 Å². The molecule has 18 heavy (non-hydrogen) atoms. The highest BCUT2D eigenvalue weighted by Gasteiger charge is 2.16. The maximum atomic E-state index is 14.0. The monoisotopic (exact) mass is 254 g/mol. The van der Waals surface area contributed by atoms with Crippen molar-refractivity contribution in [3.8, 4) is 5.88 Å². The zero-order valence-corrected chi connectivity index (χ0v) is 11.9. The molecular formula is C14H23FN2O. The van der Waals surface area contributed by atoms with Crippen LogP contribution in [0.4, 0.5) is 4.39 Å². The van der Waals surface area contributed by atoms with Crippen LogP contribution < -0.4 is 10.1 Å². The van der Waals surface area contributed by atoms with Crippen molar-refractivity contribution >= 4 is 0 Å². The SMILES string of the molecule is COc1nccc(C(C)CCNC(C)(C)C)c1F. The lowest BCUT2D eigenvalue weighted by Gasteiger charge is -2.22. The molecule has 3 nitrogen and oxygen atoms in total. The van der Waals surface area contributed by atoms with E-state index in [0.717, 1.165) is 13.0 Å². The van der Waals surface area contributed by atoms with Crippen molar-refractivity contribution in [1.82, 2.24) is 10.3 Å². The number of nitrogens with zero attached hydrogens (tertiary/aromatic N) is 1. The second-order valence-electron chi connectivity index (χ2n) is 5.59. The third-order valence-electron chi connectivity index (χ3n) is 2.84. The Morgan fingerprint density at radius 3 is 2.67 bits per heavy atom. The second-order valence-corrected chi connectivity index (χ2v) is 5.59. The first kappa shape index (κ1) is 14.9. The van der Waals surface area contributed by atoms with Gasteiger partial charge < -0.3 is 10.1 Å². The van der Waals surface area contributed by atoms with Crippen molar-refractivity contribution in [2.24, 2.45) is 0 Å². The molecule has 0 spiro atoms. The zero-order valence-electron chi connectivity index (χ0n) is 11.9. The lowest BCUT2D eigenvalue weighted by molar-refractivity contribution is 0.363. The highest BCUT2D eigenvalue weighted by Crippen LogP contribution is 2.26. The van der Waals surface area contributed by atoms with Crippen LogP contribution in [0, 0.1) is 5.82 Å². The maximum absolute atomic E-state index is 14.0. The molecule has 0 aromatic carbocycles. The van der Waals surface area contributed by atoms with Crippen molar-refractivity contribution in [2.75, 3.05) is 13.7 Å². The fraction of sp³-hybridized carbons (Fsp3) is 0.643. The number of ether oxygens (including phenoxy) is 1. The summed E-state index contributed by atoms with van der Waals surface area (Å²) in [6.45, 7) is 9.23. The van der Waals surface area contributed by atoms with Gasteiger partial charge in [-0.2, -0.15) is 0 Å². The van der Waals surface area contributed by atoms with Gasteiger partial charge in [-0.3, -0.25) is 0 Å². The Morgan fingerprint density at radius 1 is 1.44 bits per heavy atom. The van der Waals surface area contributed by atoms with Crippen molar-refractivity contribution in [1.29, 1.82) is 0 Å². The molecule has 1 heterocycles. The predicted octanol–water partition coefficient (Wildman–Crippen LogP) is 3.11. The van der Waals surface area contributed by atoms with Gasteiger partial charge >= 0.3 is 0 Å². The van der Waals surface area contributed by atoms with Crippen LogP contribution >= 0.6 is 0 Å². The zero-order chi connectivity index (χ0) is 13.8. The third-order valence-corrected chi connectivity index (χ3v) is 2.84. The van der Waals surface area contributed by atoms with Crippen LogP contribution in [0.1, 0.15) is 45.6 Å². The van der Waals surface area contributed by atoms with Gasteiger partial charge in [0.25, 0.3) is 0 Å². The number of hydrogen-bond donors (Lipinski definition) is 1. The normalized spacial score (nSPS) is 13.4. The molecule has 0 amide bonds. The van der Waals surface area contributed by atoms with E-state index >= 15 is 0 Å². The first-order chi connectivity index (χ1) is 8.35. The molecule has 4 heteroatoms. The molecule has 1 N–H and O–H groups in total. The van der Waals surface area contributed by atoms with E-state index in [9.17, 15) is 4.39 Å². The largest absolute Gasteiger partial charge is 0.479 e. The third kappa shape index (κ3) is 4.26. The fourth-order valence-corrected chi connectivity index (χ4v) is 1.78. The van der Waals surface area contributed by atoms with Gasteiger partial charge in [0, 0.05) is 11.7 Å². The van der Waals surface area contributed by atoms with Crippen LogP contribution in [-0.2, 0) is 0 Å². The van der Waals surface area contributed by atoms with E-state index in [1.807, 2.05) is 6.92 Å². The van der Waals surface area contributed by atoms with Crippen molar-refractivity contribution in [3.05, 3.63) is 23.6 Å². The van der Waals surface area contributed by atoms with Crippen molar-refractivity contribution < 1.29 is 9.13 Å². The smallest absolute Gasteiger partial charge is 0.250 e. The molecule has 1 unspecified atom stereocenters. The van der Waals surface area contributed by atoms with E-state index < -0.39 is 0 Å². The molecule has 1 rings (SSSR count). The lowest BCUT2D eigenvalue weighted by Crippen LogP contribution is -2.36. The van der Waals surface area contributed by atoms with Crippen LogP contribution in [0.2, 0.25) is 0 Å². The topological polar surface area (TPSA) is 34.1 Å². The predicted molar refractivity (Wildman–Crippen MR) is 71.5 cm³/mol. The Hall–Kier alpha value is -1.16. The molecule has 1 aromatic rings. The second kappa shape index (κ2) is 6.14. The molecule has 0 aliphatic rings. The van der Waals surface area contributed by atoms with Gasteiger partial charge in [0.05, 0.1) is 7.11 Å². The molecule has 1 aromatic heterocycles. The average molecular weight is 254 g/mol. The van der Waals surface area contributed by atoms with Gasteiger partial charge in [0.1, 0.15) is 0 Å². The molecule has 0 radical (unpaired) electrons. The first-order valence-corrected chi connectivity index (χ1v) is 6.28. The highest BCUT2D eigenvalue weighted by molar-refractivity contribution is 5.26. The van der Waals surface area contributed by atoms with Gasteiger partial charge in [-0.05, 0) is 51.3 Å². The molecule has 1 atom stereocenters. The summed E-state index contributed by atoms with van der Waals surface area (Å²) in [5.41, 5.74) is 0.756. The van der Waals surface area contributed by atoms with E-state index in [-0.39, 0.29) is 23.2 Å². The fourth-order valence-electron chi connectivity index (χ4n) is 1.78. The lowest BCUT2D eigenvalue weighted by atomic mass is 9.97. The van der Waals surface area contributed by atoms with Crippen LogP contribution in [-0.4, -0.2) is 24.2 Å². The highest BCUT2D eigenvalue weighted by atomic mass is 19.1. The van der Waals surface area contributed by atoms with Gasteiger partial charge in [-0.15, -0.1) is 0 Å². The molecule has 0 fully saturated rings. The maximum Gasteiger partial charge on any atom is 0.250 e. The van der Waals surface area contributed by atoms with Crippen LogP contribution in [0.5, 0.6) is 5.88 Å². The summed E-state index contributed by atoms with van der Waals surface area (Å²) in [4.78, 5) is 3.85. The molecule has 102 valence electrons. The number of rotatable bonds is 5. The quantitative estimate of drug-likeness (QED) is 0.876. The molecule has 0 aliphatic carbocycles. The Bertz CT molecular complexity index is 388. The van der Waals surface area contributed by atoms with Gasteiger partial charge in [0.2, 0.25) is 5.88 Å². The van der Waals surface area contributed by atoms with Crippen molar-refractivity contribution in [3.63, 3.8) is 0 Å². The van der Waals surface area contributed by atoms with Crippen LogP contribution in [0.15, 0.2) is 12.3 Å². The number of pyridine rings is 1. The summed E-state index contributed by atoms with van der Waals surface area (Å²) < 4.78 is 18.9. The Labute approximate surface area is 109 Å². The first-order valence-electron chi connectivity index (χ1n) is 6.28. The van der Waals surface area contributed by atoms with Crippen molar-refractivity contribution in [2.45, 2.75) is 45.6 Å². The average Bonchev–Trinajstić information content (AvgIpc) is 2.27. The minimum Gasteiger partial charge on any atom is -0.479 e. The number of methoxy groups -OCH3 is 1. The molecule has 0 bridgehead atoms. The summed E-state index contributed by atoms with van der Waals surface area (Å²) in [6, 6.07) is 1.72. The minimum absolute atomic E-state index is 0.0723. The number of halogens is 1. The summed E-state index contributed by atoms with van der Waals surface area (Å²) in [5.74, 6) is -0.136. The number of aromatic nitrogens is 1. The van der Waals surface area contributed by atoms with Gasteiger partial charge in [-0.25, -0.2) is 9.37 Å². The summed E-state index contributed by atoms with van der Waals surface area (Å²) in [6.07, 6.45) is 2.46. The van der Waals surface area contributed by atoms with E-state index in [2.05, 4.69) is 31.1 Å². The number of nitrogens with one attached hydrogen (secondary N) is 1. The summed E-state index contributed by atoms with van der Waals surface area (Å²) in [7, 11) is 1.43. The summed E-state index contributed by atoms with van der Waals surface area (Å²) in [5, 5.41) is 3.40. The minimum atomic E-state index is -0.344. The molecule has 0 saturated carbocycles. The molecule has 0 aliphatic heterocycles. The number of hydrogen-bond acceptors (Lipinski definition) is 3. The van der Waals surface area contributed by atoms with E-state index in [1.54, 1.807) is 12.3 Å². The molecule has 0 saturated heterocycles. The Balaban J connectivity index is 2.64.